The number of hydrogen-bond acceptors (Lipinski definition) is 1. The van der Waals surface area contributed by atoms with Gasteiger partial charge in [-0.2, -0.15) is 0 Å². The summed E-state index contributed by atoms with van der Waals surface area (Å²) in [4.78, 5) is 4.74. The van der Waals surface area contributed by atoms with Gasteiger partial charge < -0.3 is 0 Å². The van der Waals surface area contributed by atoms with Gasteiger partial charge in [0, 0.05) is 5.71 Å². The molecule has 1 nitrogen and oxygen atoms in total. The Hall–Kier alpha value is -2.93. The predicted molar refractivity (Wildman–Crippen MR) is 141 cm³/mol. The molecule has 164 valence electrons. The van der Waals surface area contributed by atoms with Crippen molar-refractivity contribution in [3.05, 3.63) is 106 Å². The molecule has 0 atom stereocenters. The van der Waals surface area contributed by atoms with Crippen molar-refractivity contribution < 1.29 is 0 Å². The highest BCUT2D eigenvalue weighted by atomic mass is 14.7. The number of aliphatic imine (C=N–C) groups is 1. The van der Waals surface area contributed by atoms with E-state index in [1.165, 1.54) is 38.9 Å². The number of allylic oxidation sites excluding steroid dienone is 1. The van der Waals surface area contributed by atoms with Crippen molar-refractivity contribution >= 4 is 17.0 Å². The Morgan fingerprint density at radius 1 is 0.645 bits per heavy atom. The van der Waals surface area contributed by atoms with Crippen LogP contribution in [-0.4, -0.2) is 5.71 Å². The van der Waals surface area contributed by atoms with Gasteiger partial charge in [0.2, 0.25) is 0 Å². The van der Waals surface area contributed by atoms with E-state index >= 15 is 0 Å². The summed E-state index contributed by atoms with van der Waals surface area (Å²) in [5.41, 5.74) is 12.1. The second-order valence-electron chi connectivity index (χ2n) is 7.95. The number of hydrogen-bond donors (Lipinski definition) is 0. The van der Waals surface area contributed by atoms with Crippen LogP contribution >= 0.6 is 0 Å². The molecule has 0 aromatic heterocycles. The van der Waals surface area contributed by atoms with Gasteiger partial charge in [-0.3, -0.25) is 4.99 Å². The summed E-state index contributed by atoms with van der Waals surface area (Å²) in [6.07, 6.45) is 0. The van der Waals surface area contributed by atoms with Crippen LogP contribution < -0.4 is 0 Å². The molecule has 0 spiro atoms. The van der Waals surface area contributed by atoms with E-state index in [2.05, 4.69) is 109 Å². The Kier molecular flexibility index (Phi) is 10.7. The van der Waals surface area contributed by atoms with Gasteiger partial charge in [-0.05, 0) is 82.3 Å². The van der Waals surface area contributed by atoms with Crippen LogP contribution in [-0.2, 0) is 0 Å². The lowest BCUT2D eigenvalue weighted by Gasteiger charge is -2.05. The summed E-state index contributed by atoms with van der Waals surface area (Å²) in [6, 6.07) is 21.3. The van der Waals surface area contributed by atoms with Crippen LogP contribution in [0.2, 0.25) is 0 Å². The minimum atomic E-state index is 1.06. The average molecular weight is 414 g/mol. The van der Waals surface area contributed by atoms with Gasteiger partial charge >= 0.3 is 0 Å². The first-order valence-corrected chi connectivity index (χ1v) is 11.1. The van der Waals surface area contributed by atoms with Gasteiger partial charge in [0.05, 0.1) is 5.69 Å². The van der Waals surface area contributed by atoms with Gasteiger partial charge in [0.15, 0.2) is 0 Å². The zero-order chi connectivity index (χ0) is 23.6. The van der Waals surface area contributed by atoms with Gasteiger partial charge in [0.1, 0.15) is 0 Å². The first-order valence-electron chi connectivity index (χ1n) is 11.1. The summed E-state index contributed by atoms with van der Waals surface area (Å²) in [5.74, 6) is 0. The molecule has 0 bridgehead atoms. The van der Waals surface area contributed by atoms with Gasteiger partial charge in [0.25, 0.3) is 0 Å². The summed E-state index contributed by atoms with van der Waals surface area (Å²) >= 11 is 0. The van der Waals surface area contributed by atoms with E-state index in [1.807, 2.05) is 20.8 Å². The highest BCUT2D eigenvalue weighted by Crippen LogP contribution is 2.21. The van der Waals surface area contributed by atoms with Crippen molar-refractivity contribution in [1.82, 2.24) is 0 Å². The molecule has 0 aliphatic rings. The van der Waals surface area contributed by atoms with E-state index in [0.29, 0.717) is 0 Å². The van der Waals surface area contributed by atoms with E-state index < -0.39 is 0 Å². The van der Waals surface area contributed by atoms with Crippen molar-refractivity contribution in [2.45, 2.75) is 62.3 Å². The van der Waals surface area contributed by atoms with Crippen molar-refractivity contribution in [2.24, 2.45) is 4.99 Å². The zero-order valence-electron chi connectivity index (χ0n) is 20.9. The number of aryl methyl sites for hydroxylation is 5. The third kappa shape index (κ3) is 8.38. The maximum atomic E-state index is 4.74. The lowest BCUT2D eigenvalue weighted by molar-refractivity contribution is 1.34. The molecular formula is C30H39N. The summed E-state index contributed by atoms with van der Waals surface area (Å²) in [5, 5.41) is 0. The lowest BCUT2D eigenvalue weighted by atomic mass is 10.0. The Bertz CT molecular complexity index is 1020. The van der Waals surface area contributed by atoms with E-state index in [1.54, 1.807) is 0 Å². The summed E-state index contributed by atoms with van der Waals surface area (Å²) < 4.78 is 0. The van der Waals surface area contributed by atoms with Crippen molar-refractivity contribution in [1.29, 1.82) is 0 Å². The molecule has 0 N–H and O–H groups in total. The lowest BCUT2D eigenvalue weighted by Crippen LogP contribution is -1.94. The molecule has 1 heteroatoms. The zero-order valence-corrected chi connectivity index (χ0v) is 20.9. The number of benzene rings is 3. The first kappa shape index (κ1) is 26.1. The molecule has 0 heterocycles. The first-order chi connectivity index (χ1) is 14.7. The molecule has 0 amide bonds. The minimum Gasteiger partial charge on any atom is -0.253 e. The molecule has 0 saturated carbocycles. The van der Waals surface area contributed by atoms with Crippen LogP contribution in [0.25, 0.3) is 5.57 Å². The van der Waals surface area contributed by atoms with E-state index in [9.17, 15) is 0 Å². The SMILES string of the molecule is C=C(C)c1ccc(C)cc1C.CC.CC(=Nc1cc(C)ccc1C)c1ccc(C)cc1. The van der Waals surface area contributed by atoms with Crippen molar-refractivity contribution in [2.75, 3.05) is 0 Å². The second-order valence-corrected chi connectivity index (χ2v) is 7.95. The molecule has 31 heavy (non-hydrogen) atoms. The Balaban J connectivity index is 0.000000317. The van der Waals surface area contributed by atoms with Crippen molar-refractivity contribution in [3.63, 3.8) is 0 Å². The van der Waals surface area contributed by atoms with Crippen molar-refractivity contribution in [3.8, 4) is 0 Å². The van der Waals surface area contributed by atoms with Gasteiger partial charge in [-0.15, -0.1) is 0 Å². The normalized spacial score (nSPS) is 10.4. The molecule has 3 rings (SSSR count). The fourth-order valence-electron chi connectivity index (χ4n) is 3.17. The molecule has 0 saturated heterocycles. The summed E-state index contributed by atoms with van der Waals surface area (Å²) in [7, 11) is 0. The quantitative estimate of drug-likeness (QED) is 0.380. The Labute approximate surface area is 190 Å². The maximum Gasteiger partial charge on any atom is 0.0664 e. The number of nitrogens with zero attached hydrogens (tertiary/aromatic N) is 1. The topological polar surface area (TPSA) is 12.4 Å². The third-order valence-electron chi connectivity index (χ3n) is 4.96. The number of rotatable bonds is 3. The van der Waals surface area contributed by atoms with Crippen LogP contribution in [0.1, 0.15) is 66.6 Å². The molecule has 0 aliphatic carbocycles. The van der Waals surface area contributed by atoms with Crippen LogP contribution in [0.4, 0.5) is 5.69 Å². The molecule has 0 aliphatic heterocycles. The van der Waals surface area contributed by atoms with Crippen LogP contribution in [0.15, 0.2) is 72.2 Å². The molecule has 0 fully saturated rings. The van der Waals surface area contributed by atoms with E-state index in [0.717, 1.165) is 17.0 Å². The second kappa shape index (κ2) is 12.7. The fraction of sp³-hybridized carbons (Fsp3) is 0.300. The van der Waals surface area contributed by atoms with Crippen LogP contribution in [0, 0.1) is 34.6 Å². The van der Waals surface area contributed by atoms with Gasteiger partial charge in [-0.1, -0.05) is 91.7 Å². The Morgan fingerprint density at radius 2 is 1.16 bits per heavy atom. The third-order valence-corrected chi connectivity index (χ3v) is 4.96. The standard InChI is InChI=1S/C17H19N.C11H14.C2H6/c1-12-6-9-16(10-7-12)15(4)18-17-11-13(2)5-8-14(17)3;1-8(2)11-6-5-9(3)7-10(11)4;1-2/h5-11H,1-4H3;5-7H,1H2,2-4H3;1-2H3. The fourth-order valence-corrected chi connectivity index (χ4v) is 3.17. The summed E-state index contributed by atoms with van der Waals surface area (Å²) in [6.45, 7) is 22.5. The van der Waals surface area contributed by atoms with E-state index in [-0.39, 0.29) is 0 Å². The highest BCUT2D eigenvalue weighted by Gasteiger charge is 2.01. The molecule has 0 unspecified atom stereocenters. The minimum absolute atomic E-state index is 1.06. The Morgan fingerprint density at radius 3 is 1.71 bits per heavy atom. The average Bonchev–Trinajstić information content (AvgIpc) is 2.73. The molecular weight excluding hydrogens is 374 g/mol. The van der Waals surface area contributed by atoms with Gasteiger partial charge in [-0.25, -0.2) is 0 Å². The predicted octanol–water partition coefficient (Wildman–Crippen LogP) is 9.12. The maximum absolute atomic E-state index is 4.74. The molecule has 3 aromatic carbocycles. The molecule has 3 aromatic rings. The van der Waals surface area contributed by atoms with Crippen LogP contribution in [0.5, 0.6) is 0 Å². The van der Waals surface area contributed by atoms with E-state index in [4.69, 9.17) is 4.99 Å². The highest BCUT2D eigenvalue weighted by molar-refractivity contribution is 6.00. The monoisotopic (exact) mass is 413 g/mol. The molecule has 0 radical (unpaired) electrons. The largest absolute Gasteiger partial charge is 0.253 e. The smallest absolute Gasteiger partial charge is 0.0664 e. The van der Waals surface area contributed by atoms with Crippen LogP contribution in [0.3, 0.4) is 0 Å².